The molecule has 1 aromatic carbocycles. The van der Waals surface area contributed by atoms with E-state index < -0.39 is 7.12 Å². The standard InChI is InChI=1S/C11H12BNO3.2H2O/c1-7-3-4-8-9(12(14)15)5-6-10(16-2)11(8)13-7;;/h3-6,14-15H,1-2H3;2*1H2. The fourth-order valence-corrected chi connectivity index (χ4v) is 1.70. The van der Waals surface area contributed by atoms with Gasteiger partial charge in [-0.2, -0.15) is 0 Å². The van der Waals surface area contributed by atoms with Crippen LogP contribution in [0.25, 0.3) is 10.9 Å². The number of fused-ring (bicyclic) bond motifs is 1. The molecule has 2 rings (SSSR count). The van der Waals surface area contributed by atoms with Crippen LogP contribution in [0.15, 0.2) is 24.3 Å². The minimum absolute atomic E-state index is 0. The highest BCUT2D eigenvalue weighted by molar-refractivity contribution is 6.62. The summed E-state index contributed by atoms with van der Waals surface area (Å²) in [6.07, 6.45) is 0. The van der Waals surface area contributed by atoms with Crippen LogP contribution in [0, 0.1) is 6.92 Å². The molecule has 0 amide bonds. The molecular weight excluding hydrogens is 237 g/mol. The summed E-state index contributed by atoms with van der Waals surface area (Å²) in [6, 6.07) is 6.95. The Balaban J connectivity index is 0.00000144. The first-order valence-electron chi connectivity index (χ1n) is 4.94. The highest BCUT2D eigenvalue weighted by Crippen LogP contribution is 2.22. The lowest BCUT2D eigenvalue weighted by atomic mass is 9.77. The zero-order valence-electron chi connectivity index (χ0n) is 10.1. The number of ether oxygens (including phenoxy) is 1. The molecule has 0 unspecified atom stereocenters. The predicted octanol–water partition coefficient (Wildman–Crippen LogP) is -1.42. The zero-order chi connectivity index (χ0) is 11.7. The quantitative estimate of drug-likeness (QED) is 0.637. The van der Waals surface area contributed by atoms with Gasteiger partial charge in [-0.3, -0.25) is 0 Å². The highest BCUT2D eigenvalue weighted by Gasteiger charge is 2.17. The SMILES string of the molecule is COc1ccc(B(O)O)c2ccc(C)nc12.O.O. The Labute approximate surface area is 105 Å². The third kappa shape index (κ3) is 2.77. The van der Waals surface area contributed by atoms with Crippen molar-refractivity contribution in [2.75, 3.05) is 7.11 Å². The average molecular weight is 253 g/mol. The summed E-state index contributed by atoms with van der Waals surface area (Å²) in [5.74, 6) is 0.628. The maximum absolute atomic E-state index is 9.24. The Morgan fingerprint density at radius 2 is 1.78 bits per heavy atom. The van der Waals surface area contributed by atoms with Crippen LogP contribution in [0.3, 0.4) is 0 Å². The van der Waals surface area contributed by atoms with Gasteiger partial charge in [-0.1, -0.05) is 12.1 Å². The lowest BCUT2D eigenvalue weighted by Gasteiger charge is -2.09. The van der Waals surface area contributed by atoms with Crippen LogP contribution < -0.4 is 10.2 Å². The smallest absolute Gasteiger partial charge is 0.489 e. The van der Waals surface area contributed by atoms with Crippen LogP contribution in [-0.2, 0) is 0 Å². The number of rotatable bonds is 2. The van der Waals surface area contributed by atoms with Gasteiger partial charge in [-0.05, 0) is 24.5 Å². The van der Waals surface area contributed by atoms with Crippen molar-refractivity contribution in [3.05, 3.63) is 30.0 Å². The minimum Gasteiger partial charge on any atom is -0.494 e. The number of aryl methyl sites for hydroxylation is 1. The molecule has 1 aromatic heterocycles. The van der Waals surface area contributed by atoms with Crippen molar-refractivity contribution in [3.8, 4) is 5.75 Å². The minimum atomic E-state index is -1.50. The summed E-state index contributed by atoms with van der Waals surface area (Å²) >= 11 is 0. The zero-order valence-corrected chi connectivity index (χ0v) is 10.1. The van der Waals surface area contributed by atoms with E-state index in [0.717, 1.165) is 5.69 Å². The first kappa shape index (κ1) is 16.3. The molecule has 18 heavy (non-hydrogen) atoms. The number of aromatic nitrogens is 1. The summed E-state index contributed by atoms with van der Waals surface area (Å²) in [7, 11) is 0.0614. The Morgan fingerprint density at radius 3 is 2.33 bits per heavy atom. The van der Waals surface area contributed by atoms with Crippen molar-refractivity contribution in [2.45, 2.75) is 6.92 Å². The second kappa shape index (κ2) is 6.32. The number of pyridine rings is 1. The van der Waals surface area contributed by atoms with E-state index in [1.54, 1.807) is 19.2 Å². The number of methoxy groups -OCH3 is 1. The molecule has 7 heteroatoms. The topological polar surface area (TPSA) is 126 Å². The summed E-state index contributed by atoms with van der Waals surface area (Å²) in [4.78, 5) is 4.34. The average Bonchev–Trinajstić information content (AvgIpc) is 2.27. The van der Waals surface area contributed by atoms with Gasteiger partial charge >= 0.3 is 7.12 Å². The first-order chi connectivity index (χ1) is 7.63. The van der Waals surface area contributed by atoms with E-state index in [-0.39, 0.29) is 11.0 Å². The number of benzene rings is 1. The number of nitrogens with zero attached hydrogens (tertiary/aromatic N) is 1. The molecule has 0 radical (unpaired) electrons. The Bertz CT molecular complexity index is 532. The molecule has 0 fully saturated rings. The fourth-order valence-electron chi connectivity index (χ4n) is 1.70. The number of hydrogen-bond donors (Lipinski definition) is 2. The molecule has 0 spiro atoms. The Kier molecular flexibility index (Phi) is 5.73. The van der Waals surface area contributed by atoms with Crippen LogP contribution in [0.5, 0.6) is 5.75 Å². The second-order valence-electron chi connectivity index (χ2n) is 3.58. The molecule has 0 atom stereocenters. The maximum Gasteiger partial charge on any atom is 0.489 e. The monoisotopic (exact) mass is 253 g/mol. The third-order valence-electron chi connectivity index (χ3n) is 2.49. The summed E-state index contributed by atoms with van der Waals surface area (Å²) in [6.45, 7) is 1.88. The van der Waals surface area contributed by atoms with Crippen molar-refractivity contribution in [1.29, 1.82) is 0 Å². The lowest BCUT2D eigenvalue weighted by Crippen LogP contribution is -2.30. The van der Waals surface area contributed by atoms with Crippen LogP contribution >= 0.6 is 0 Å². The fraction of sp³-hybridized carbons (Fsp3) is 0.182. The van der Waals surface area contributed by atoms with Crippen molar-refractivity contribution < 1.29 is 25.7 Å². The summed E-state index contributed by atoms with van der Waals surface area (Å²) < 4.78 is 5.19. The molecule has 2 aromatic rings. The van der Waals surface area contributed by atoms with E-state index in [1.807, 2.05) is 19.1 Å². The molecule has 6 N–H and O–H groups in total. The van der Waals surface area contributed by atoms with Gasteiger partial charge in [-0.25, -0.2) is 4.98 Å². The van der Waals surface area contributed by atoms with Gasteiger partial charge in [0, 0.05) is 11.1 Å². The summed E-state index contributed by atoms with van der Waals surface area (Å²) in [5.41, 5.74) is 1.94. The first-order valence-corrected chi connectivity index (χ1v) is 4.94. The lowest BCUT2D eigenvalue weighted by molar-refractivity contribution is 0.418. The van der Waals surface area contributed by atoms with E-state index in [2.05, 4.69) is 4.98 Å². The van der Waals surface area contributed by atoms with Crippen LogP contribution in [0.2, 0.25) is 0 Å². The normalized spacial score (nSPS) is 9.33. The van der Waals surface area contributed by atoms with E-state index in [4.69, 9.17) is 4.74 Å². The molecule has 0 saturated carbocycles. The third-order valence-corrected chi connectivity index (χ3v) is 2.49. The van der Waals surface area contributed by atoms with Crippen LogP contribution in [-0.4, -0.2) is 40.2 Å². The molecule has 0 aliphatic heterocycles. The molecule has 0 aliphatic carbocycles. The van der Waals surface area contributed by atoms with Crippen LogP contribution in [0.1, 0.15) is 5.69 Å². The van der Waals surface area contributed by atoms with Crippen molar-refractivity contribution in [1.82, 2.24) is 4.98 Å². The Morgan fingerprint density at radius 1 is 1.11 bits per heavy atom. The van der Waals surface area contributed by atoms with Crippen molar-refractivity contribution >= 4 is 23.5 Å². The predicted molar refractivity (Wildman–Crippen MR) is 70.1 cm³/mol. The summed E-state index contributed by atoms with van der Waals surface area (Å²) in [5, 5.41) is 19.2. The van der Waals surface area contributed by atoms with Crippen molar-refractivity contribution in [2.24, 2.45) is 0 Å². The van der Waals surface area contributed by atoms with Gasteiger partial charge in [0.25, 0.3) is 0 Å². The van der Waals surface area contributed by atoms with E-state index in [1.165, 1.54) is 0 Å². The second-order valence-corrected chi connectivity index (χ2v) is 3.58. The molecule has 6 nitrogen and oxygen atoms in total. The molecule has 0 bridgehead atoms. The van der Waals surface area contributed by atoms with Gasteiger partial charge in [-0.15, -0.1) is 0 Å². The van der Waals surface area contributed by atoms with Crippen molar-refractivity contribution in [3.63, 3.8) is 0 Å². The highest BCUT2D eigenvalue weighted by atomic mass is 16.5. The molecule has 0 aliphatic rings. The van der Waals surface area contributed by atoms with E-state index in [9.17, 15) is 10.0 Å². The molecule has 1 heterocycles. The molecule has 98 valence electrons. The van der Waals surface area contributed by atoms with E-state index >= 15 is 0 Å². The van der Waals surface area contributed by atoms with Gasteiger partial charge < -0.3 is 25.7 Å². The van der Waals surface area contributed by atoms with Gasteiger partial charge in [0.15, 0.2) is 0 Å². The number of hydrogen-bond acceptors (Lipinski definition) is 4. The maximum atomic E-state index is 9.24. The van der Waals surface area contributed by atoms with Crippen LogP contribution in [0.4, 0.5) is 0 Å². The Hall–Kier alpha value is -1.67. The van der Waals surface area contributed by atoms with Gasteiger partial charge in [0.2, 0.25) is 0 Å². The molecule has 0 saturated heterocycles. The van der Waals surface area contributed by atoms with E-state index in [0.29, 0.717) is 22.1 Å². The largest absolute Gasteiger partial charge is 0.494 e. The van der Waals surface area contributed by atoms with Gasteiger partial charge in [0.05, 0.1) is 7.11 Å². The van der Waals surface area contributed by atoms with Gasteiger partial charge in [0.1, 0.15) is 11.3 Å². The molecular formula is C11H16BNO5.